The Morgan fingerprint density at radius 3 is 3.07 bits per heavy atom. The molecule has 2 heterocycles. The summed E-state index contributed by atoms with van der Waals surface area (Å²) in [5.41, 5.74) is 0.475. The molecule has 0 bridgehead atoms. The van der Waals surface area contributed by atoms with Gasteiger partial charge < -0.3 is 4.98 Å². The maximum atomic E-state index is 11.6. The Morgan fingerprint density at radius 2 is 2.29 bits per heavy atom. The normalized spacial score (nSPS) is 16.0. The fourth-order valence-corrected chi connectivity index (χ4v) is 1.54. The summed E-state index contributed by atoms with van der Waals surface area (Å²) in [6.07, 6.45) is 3.91. The molecule has 0 saturated heterocycles. The maximum Gasteiger partial charge on any atom is 0.260 e. The molecule has 0 unspecified atom stereocenters. The van der Waals surface area contributed by atoms with E-state index < -0.39 is 0 Å². The van der Waals surface area contributed by atoms with Gasteiger partial charge in [0.15, 0.2) is 5.65 Å². The lowest BCUT2D eigenvalue weighted by Gasteiger charge is -1.98. The Hall–Kier alpha value is -1.71. The molecule has 4 nitrogen and oxygen atoms in total. The van der Waals surface area contributed by atoms with E-state index >= 15 is 0 Å². The lowest BCUT2D eigenvalue weighted by Crippen LogP contribution is -2.11. The molecule has 2 aromatic rings. The monoisotopic (exact) mass is 187 g/mol. The van der Waals surface area contributed by atoms with E-state index in [9.17, 15) is 4.79 Å². The van der Waals surface area contributed by atoms with Gasteiger partial charge in [0.2, 0.25) is 0 Å². The van der Waals surface area contributed by atoms with Crippen LogP contribution in [0.3, 0.4) is 0 Å². The lowest BCUT2D eigenvalue weighted by atomic mass is 10.3. The zero-order chi connectivity index (χ0) is 9.54. The number of pyridine rings is 1. The Bertz CT molecular complexity index is 542. The van der Waals surface area contributed by atoms with E-state index in [4.69, 9.17) is 0 Å². The molecule has 70 valence electrons. The summed E-state index contributed by atoms with van der Waals surface area (Å²) in [5, 5.41) is 0.567. The van der Waals surface area contributed by atoms with Crippen molar-refractivity contribution in [3.8, 4) is 0 Å². The summed E-state index contributed by atoms with van der Waals surface area (Å²) in [6.45, 7) is 0. The van der Waals surface area contributed by atoms with Crippen LogP contribution in [-0.2, 0) is 0 Å². The van der Waals surface area contributed by atoms with Crippen LogP contribution in [-0.4, -0.2) is 15.0 Å². The van der Waals surface area contributed by atoms with Gasteiger partial charge in [-0.1, -0.05) is 0 Å². The second kappa shape index (κ2) is 2.64. The molecule has 1 saturated carbocycles. The molecule has 2 aromatic heterocycles. The molecular formula is C10H9N3O. The molecule has 3 rings (SSSR count). The minimum atomic E-state index is -0.0787. The molecule has 0 radical (unpaired) electrons. The first-order chi connectivity index (χ1) is 6.84. The molecule has 1 N–H and O–H groups in total. The fourth-order valence-electron chi connectivity index (χ4n) is 1.54. The topological polar surface area (TPSA) is 58.6 Å². The van der Waals surface area contributed by atoms with Crippen LogP contribution in [0.2, 0.25) is 0 Å². The molecule has 0 aliphatic heterocycles. The maximum absolute atomic E-state index is 11.6. The van der Waals surface area contributed by atoms with E-state index in [1.807, 2.05) is 0 Å². The molecular weight excluding hydrogens is 178 g/mol. The van der Waals surface area contributed by atoms with Gasteiger partial charge >= 0.3 is 0 Å². The number of fused-ring (bicyclic) bond motifs is 1. The highest BCUT2D eigenvalue weighted by atomic mass is 16.1. The SMILES string of the molecule is O=c1[nH]c(C2CC2)nc2ncccc12. The summed E-state index contributed by atoms with van der Waals surface area (Å²) in [7, 11) is 0. The van der Waals surface area contributed by atoms with Gasteiger partial charge in [0.1, 0.15) is 5.82 Å². The zero-order valence-corrected chi connectivity index (χ0v) is 7.53. The molecule has 1 aliphatic rings. The average molecular weight is 187 g/mol. The second-order valence-corrected chi connectivity index (χ2v) is 3.60. The Kier molecular flexibility index (Phi) is 1.45. The number of rotatable bonds is 1. The van der Waals surface area contributed by atoms with Gasteiger partial charge in [-0.05, 0) is 25.0 Å². The van der Waals surface area contributed by atoms with Crippen molar-refractivity contribution in [3.05, 3.63) is 34.5 Å². The van der Waals surface area contributed by atoms with Crippen LogP contribution in [0.5, 0.6) is 0 Å². The molecule has 4 heteroatoms. The van der Waals surface area contributed by atoms with Crippen molar-refractivity contribution in [1.29, 1.82) is 0 Å². The summed E-state index contributed by atoms with van der Waals surface area (Å²) < 4.78 is 0. The van der Waals surface area contributed by atoms with Crippen LogP contribution in [0.4, 0.5) is 0 Å². The minimum absolute atomic E-state index is 0.0787. The van der Waals surface area contributed by atoms with Crippen molar-refractivity contribution in [2.24, 2.45) is 0 Å². The molecule has 0 spiro atoms. The van der Waals surface area contributed by atoms with Crippen molar-refractivity contribution in [3.63, 3.8) is 0 Å². The Morgan fingerprint density at radius 1 is 1.43 bits per heavy atom. The number of nitrogens with one attached hydrogen (secondary N) is 1. The van der Waals surface area contributed by atoms with E-state index in [1.54, 1.807) is 18.3 Å². The highest BCUT2D eigenvalue weighted by Gasteiger charge is 2.26. The van der Waals surface area contributed by atoms with Crippen LogP contribution in [0, 0.1) is 0 Å². The number of nitrogens with zero attached hydrogens (tertiary/aromatic N) is 2. The molecule has 0 amide bonds. The van der Waals surface area contributed by atoms with Gasteiger partial charge in [0.25, 0.3) is 5.56 Å². The largest absolute Gasteiger partial charge is 0.310 e. The number of hydrogen-bond donors (Lipinski definition) is 1. The first-order valence-electron chi connectivity index (χ1n) is 4.69. The quantitative estimate of drug-likeness (QED) is 0.729. The van der Waals surface area contributed by atoms with Gasteiger partial charge in [-0.3, -0.25) is 4.79 Å². The summed E-state index contributed by atoms with van der Waals surface area (Å²) in [5.74, 6) is 1.25. The molecule has 1 fully saturated rings. The predicted molar refractivity (Wildman–Crippen MR) is 52.1 cm³/mol. The summed E-state index contributed by atoms with van der Waals surface area (Å²) in [4.78, 5) is 22.8. The predicted octanol–water partition coefficient (Wildman–Crippen LogP) is 1.20. The van der Waals surface area contributed by atoms with E-state index in [2.05, 4.69) is 15.0 Å². The van der Waals surface area contributed by atoms with Crippen LogP contribution >= 0.6 is 0 Å². The number of aromatic amines is 1. The highest BCUT2D eigenvalue weighted by Crippen LogP contribution is 2.37. The Labute approximate surface area is 80.0 Å². The van der Waals surface area contributed by atoms with Gasteiger partial charge in [0.05, 0.1) is 5.39 Å². The zero-order valence-electron chi connectivity index (χ0n) is 7.53. The van der Waals surface area contributed by atoms with Crippen LogP contribution in [0.1, 0.15) is 24.6 Å². The van der Waals surface area contributed by atoms with Gasteiger partial charge in [-0.2, -0.15) is 0 Å². The van der Waals surface area contributed by atoms with Crippen molar-refractivity contribution in [1.82, 2.24) is 15.0 Å². The fraction of sp³-hybridized carbons (Fsp3) is 0.300. The van der Waals surface area contributed by atoms with Crippen molar-refractivity contribution < 1.29 is 0 Å². The standard InChI is InChI=1S/C10H9N3O/c14-10-7-2-1-5-11-9(7)12-8(13-10)6-3-4-6/h1-2,5-6H,3-4H2,(H,11,12,13,14). The second-order valence-electron chi connectivity index (χ2n) is 3.60. The average Bonchev–Trinajstić information content (AvgIpc) is 3.01. The lowest BCUT2D eigenvalue weighted by molar-refractivity contribution is 0.924. The van der Waals surface area contributed by atoms with Crippen molar-refractivity contribution in [2.75, 3.05) is 0 Å². The first kappa shape index (κ1) is 7.67. The molecule has 14 heavy (non-hydrogen) atoms. The molecule has 1 aliphatic carbocycles. The third-order valence-corrected chi connectivity index (χ3v) is 2.46. The van der Waals surface area contributed by atoms with E-state index in [0.717, 1.165) is 18.7 Å². The summed E-state index contributed by atoms with van der Waals surface area (Å²) >= 11 is 0. The third kappa shape index (κ3) is 1.11. The van der Waals surface area contributed by atoms with Gasteiger partial charge in [-0.15, -0.1) is 0 Å². The number of H-pyrrole nitrogens is 1. The number of hydrogen-bond acceptors (Lipinski definition) is 3. The smallest absolute Gasteiger partial charge is 0.260 e. The number of aromatic nitrogens is 3. The van der Waals surface area contributed by atoms with Crippen LogP contribution < -0.4 is 5.56 Å². The van der Waals surface area contributed by atoms with Crippen LogP contribution in [0.15, 0.2) is 23.1 Å². The van der Waals surface area contributed by atoms with E-state index in [-0.39, 0.29) is 5.56 Å². The van der Waals surface area contributed by atoms with Crippen molar-refractivity contribution in [2.45, 2.75) is 18.8 Å². The van der Waals surface area contributed by atoms with E-state index in [1.165, 1.54) is 0 Å². The molecule has 0 atom stereocenters. The summed E-state index contributed by atoms with van der Waals surface area (Å²) in [6, 6.07) is 3.49. The van der Waals surface area contributed by atoms with Gasteiger partial charge in [0, 0.05) is 12.1 Å². The van der Waals surface area contributed by atoms with Gasteiger partial charge in [-0.25, -0.2) is 9.97 Å². The minimum Gasteiger partial charge on any atom is -0.310 e. The van der Waals surface area contributed by atoms with Crippen molar-refractivity contribution >= 4 is 11.0 Å². The first-order valence-corrected chi connectivity index (χ1v) is 4.69. The Balaban J connectivity index is 2.33. The third-order valence-electron chi connectivity index (χ3n) is 2.46. The van der Waals surface area contributed by atoms with E-state index in [0.29, 0.717) is 17.0 Å². The highest BCUT2D eigenvalue weighted by molar-refractivity contribution is 5.72. The van der Waals surface area contributed by atoms with Crippen LogP contribution in [0.25, 0.3) is 11.0 Å². The molecule has 0 aromatic carbocycles.